The molecule has 1 aliphatic rings. The lowest BCUT2D eigenvalue weighted by atomic mass is 9.85. The SMILES string of the molecule is CC(C)(C)c1ccc(N2CC(N)CC2=O)cc1[N+](=O)[O-]. The molecule has 1 amide bonds. The Labute approximate surface area is 117 Å². The summed E-state index contributed by atoms with van der Waals surface area (Å²) in [5.41, 5.74) is 6.67. The number of nitrogens with two attached hydrogens (primary N) is 1. The highest BCUT2D eigenvalue weighted by Gasteiger charge is 2.31. The van der Waals surface area contributed by atoms with Gasteiger partial charge in [-0.3, -0.25) is 14.9 Å². The largest absolute Gasteiger partial charge is 0.326 e. The van der Waals surface area contributed by atoms with Crippen molar-refractivity contribution in [1.29, 1.82) is 0 Å². The lowest BCUT2D eigenvalue weighted by molar-refractivity contribution is -0.385. The Morgan fingerprint density at radius 1 is 1.40 bits per heavy atom. The van der Waals surface area contributed by atoms with Crippen LogP contribution in [0.5, 0.6) is 0 Å². The molecule has 1 aliphatic heterocycles. The normalized spacial score (nSPS) is 19.5. The summed E-state index contributed by atoms with van der Waals surface area (Å²) in [4.78, 5) is 24.2. The lowest BCUT2D eigenvalue weighted by Crippen LogP contribution is -2.28. The van der Waals surface area contributed by atoms with Gasteiger partial charge in [-0.1, -0.05) is 20.8 Å². The summed E-state index contributed by atoms with van der Waals surface area (Å²) in [6, 6.07) is 4.74. The Morgan fingerprint density at radius 3 is 2.50 bits per heavy atom. The van der Waals surface area contributed by atoms with Crippen molar-refractivity contribution in [3.63, 3.8) is 0 Å². The summed E-state index contributed by atoms with van der Waals surface area (Å²) >= 11 is 0. The van der Waals surface area contributed by atoms with E-state index in [2.05, 4.69) is 0 Å². The van der Waals surface area contributed by atoms with E-state index in [-0.39, 0.29) is 29.5 Å². The molecule has 20 heavy (non-hydrogen) atoms. The number of carbonyl (C=O) groups is 1. The molecular weight excluding hydrogens is 258 g/mol. The van der Waals surface area contributed by atoms with E-state index in [1.165, 1.54) is 11.0 Å². The first-order valence-corrected chi connectivity index (χ1v) is 6.55. The van der Waals surface area contributed by atoms with Gasteiger partial charge in [-0.15, -0.1) is 0 Å². The Balaban J connectivity index is 2.46. The fraction of sp³-hybridized carbons (Fsp3) is 0.500. The number of hydrogen-bond acceptors (Lipinski definition) is 4. The predicted octanol–water partition coefficient (Wildman–Crippen LogP) is 1.96. The summed E-state index contributed by atoms with van der Waals surface area (Å²) in [6.07, 6.45) is 0.287. The van der Waals surface area contributed by atoms with Crippen molar-refractivity contribution in [2.24, 2.45) is 5.73 Å². The minimum absolute atomic E-state index is 0.0447. The Bertz CT molecular complexity index is 563. The number of nitro benzene ring substituents is 1. The van der Waals surface area contributed by atoms with Gasteiger partial charge in [0.15, 0.2) is 0 Å². The maximum Gasteiger partial charge on any atom is 0.275 e. The van der Waals surface area contributed by atoms with E-state index in [1.807, 2.05) is 20.8 Å². The van der Waals surface area contributed by atoms with Crippen LogP contribution in [0.15, 0.2) is 18.2 Å². The van der Waals surface area contributed by atoms with E-state index >= 15 is 0 Å². The van der Waals surface area contributed by atoms with E-state index in [1.54, 1.807) is 12.1 Å². The summed E-state index contributed by atoms with van der Waals surface area (Å²) in [7, 11) is 0. The second-order valence-corrected chi connectivity index (χ2v) is 6.18. The third-order valence-electron chi connectivity index (χ3n) is 3.45. The minimum atomic E-state index is -0.398. The van der Waals surface area contributed by atoms with Crippen LogP contribution in [0.3, 0.4) is 0 Å². The molecule has 0 spiro atoms. The number of benzene rings is 1. The zero-order valence-electron chi connectivity index (χ0n) is 11.9. The summed E-state index contributed by atoms with van der Waals surface area (Å²) < 4.78 is 0. The van der Waals surface area contributed by atoms with Crippen LogP contribution >= 0.6 is 0 Å². The Morgan fingerprint density at radius 2 is 2.05 bits per heavy atom. The molecule has 1 heterocycles. The van der Waals surface area contributed by atoms with Crippen LogP contribution in [0.1, 0.15) is 32.8 Å². The van der Waals surface area contributed by atoms with Gasteiger partial charge in [-0.05, 0) is 17.5 Å². The van der Waals surface area contributed by atoms with Crippen molar-refractivity contribution < 1.29 is 9.72 Å². The molecule has 6 heteroatoms. The molecule has 108 valence electrons. The average molecular weight is 277 g/mol. The van der Waals surface area contributed by atoms with Crippen molar-refractivity contribution in [2.45, 2.75) is 38.6 Å². The summed E-state index contributed by atoms with van der Waals surface area (Å²) in [5.74, 6) is -0.0877. The van der Waals surface area contributed by atoms with Crippen LogP contribution in [-0.4, -0.2) is 23.4 Å². The molecule has 1 saturated heterocycles. The van der Waals surface area contributed by atoms with Crippen LogP contribution in [0, 0.1) is 10.1 Å². The maximum absolute atomic E-state index is 11.8. The first kappa shape index (κ1) is 14.5. The van der Waals surface area contributed by atoms with Gasteiger partial charge >= 0.3 is 0 Å². The lowest BCUT2D eigenvalue weighted by Gasteiger charge is -2.21. The van der Waals surface area contributed by atoms with Crippen molar-refractivity contribution in [1.82, 2.24) is 0 Å². The Kier molecular flexibility index (Phi) is 3.52. The molecule has 1 fully saturated rings. The van der Waals surface area contributed by atoms with Gasteiger partial charge < -0.3 is 10.6 Å². The van der Waals surface area contributed by atoms with Crippen molar-refractivity contribution >= 4 is 17.3 Å². The van der Waals surface area contributed by atoms with E-state index in [0.29, 0.717) is 17.8 Å². The van der Waals surface area contributed by atoms with Crippen molar-refractivity contribution in [3.8, 4) is 0 Å². The smallest absolute Gasteiger partial charge is 0.275 e. The molecule has 2 rings (SSSR count). The van der Waals surface area contributed by atoms with Gasteiger partial charge in [0.1, 0.15) is 0 Å². The quantitative estimate of drug-likeness (QED) is 0.661. The first-order valence-electron chi connectivity index (χ1n) is 6.55. The van der Waals surface area contributed by atoms with E-state index in [9.17, 15) is 14.9 Å². The maximum atomic E-state index is 11.8. The number of nitro groups is 1. The summed E-state index contributed by atoms with van der Waals surface area (Å²) in [6.45, 7) is 6.18. The molecule has 1 aromatic rings. The van der Waals surface area contributed by atoms with E-state index in [4.69, 9.17) is 5.73 Å². The van der Waals surface area contributed by atoms with Gasteiger partial charge in [0.2, 0.25) is 5.91 Å². The van der Waals surface area contributed by atoms with Crippen LogP contribution < -0.4 is 10.6 Å². The number of anilines is 1. The van der Waals surface area contributed by atoms with Crippen molar-refractivity contribution in [3.05, 3.63) is 33.9 Å². The van der Waals surface area contributed by atoms with Gasteiger partial charge in [-0.2, -0.15) is 0 Å². The number of amides is 1. The molecule has 0 radical (unpaired) electrons. The third-order valence-corrected chi connectivity index (χ3v) is 3.45. The zero-order chi connectivity index (χ0) is 15.1. The highest BCUT2D eigenvalue weighted by atomic mass is 16.6. The molecule has 1 atom stereocenters. The fourth-order valence-electron chi connectivity index (χ4n) is 2.46. The minimum Gasteiger partial charge on any atom is -0.326 e. The number of nitrogens with zero attached hydrogens (tertiary/aromatic N) is 2. The average Bonchev–Trinajstić information content (AvgIpc) is 2.66. The van der Waals surface area contributed by atoms with E-state index in [0.717, 1.165) is 0 Å². The molecule has 2 N–H and O–H groups in total. The molecule has 0 bridgehead atoms. The highest BCUT2D eigenvalue weighted by Crippen LogP contribution is 2.35. The fourth-order valence-corrected chi connectivity index (χ4v) is 2.46. The van der Waals surface area contributed by atoms with Crippen LogP contribution in [-0.2, 0) is 10.2 Å². The van der Waals surface area contributed by atoms with Crippen LogP contribution in [0.2, 0.25) is 0 Å². The molecule has 0 aliphatic carbocycles. The highest BCUT2D eigenvalue weighted by molar-refractivity contribution is 5.96. The topological polar surface area (TPSA) is 89.5 Å². The van der Waals surface area contributed by atoms with Crippen LogP contribution in [0.4, 0.5) is 11.4 Å². The molecule has 1 unspecified atom stereocenters. The van der Waals surface area contributed by atoms with Gasteiger partial charge in [0.25, 0.3) is 5.69 Å². The van der Waals surface area contributed by atoms with Crippen LogP contribution in [0.25, 0.3) is 0 Å². The van der Waals surface area contributed by atoms with Gasteiger partial charge in [0, 0.05) is 30.6 Å². The molecule has 0 aromatic heterocycles. The molecule has 6 nitrogen and oxygen atoms in total. The second-order valence-electron chi connectivity index (χ2n) is 6.18. The summed E-state index contributed by atoms with van der Waals surface area (Å²) in [5, 5.41) is 11.3. The zero-order valence-corrected chi connectivity index (χ0v) is 11.9. The van der Waals surface area contributed by atoms with Gasteiger partial charge in [0.05, 0.1) is 10.6 Å². The molecule has 1 aromatic carbocycles. The number of rotatable bonds is 2. The Hall–Kier alpha value is -1.95. The number of hydrogen-bond donors (Lipinski definition) is 1. The van der Waals surface area contributed by atoms with E-state index < -0.39 is 4.92 Å². The predicted molar refractivity (Wildman–Crippen MR) is 76.7 cm³/mol. The first-order chi connectivity index (χ1) is 9.20. The third kappa shape index (κ3) is 2.65. The van der Waals surface area contributed by atoms with Gasteiger partial charge in [-0.25, -0.2) is 0 Å². The van der Waals surface area contributed by atoms with Crippen molar-refractivity contribution in [2.75, 3.05) is 11.4 Å². The molecular formula is C14H19N3O3. The second kappa shape index (κ2) is 4.86. The number of carbonyl (C=O) groups excluding carboxylic acids is 1. The standard InChI is InChI=1S/C14H19N3O3/c1-14(2,3)11-5-4-10(7-12(11)17(19)20)16-8-9(15)6-13(16)18/h4-5,7,9H,6,8,15H2,1-3H3. The molecule has 0 saturated carbocycles. The monoisotopic (exact) mass is 277 g/mol.